The van der Waals surface area contributed by atoms with Crippen molar-refractivity contribution in [1.29, 1.82) is 0 Å². The zero-order valence-electron chi connectivity index (χ0n) is 8.12. The molecule has 1 fully saturated rings. The Morgan fingerprint density at radius 2 is 2.21 bits per heavy atom. The van der Waals surface area contributed by atoms with Crippen molar-refractivity contribution in [3.05, 3.63) is 28.4 Å². The molecule has 0 unspecified atom stereocenters. The lowest BCUT2D eigenvalue weighted by Crippen LogP contribution is -2.29. The summed E-state index contributed by atoms with van der Waals surface area (Å²) in [6.07, 6.45) is 4.80. The minimum absolute atomic E-state index is 0.0519. The Kier molecular flexibility index (Phi) is 2.93. The minimum atomic E-state index is -0.0519. The highest BCUT2D eigenvalue weighted by atomic mass is 16.1. The summed E-state index contributed by atoms with van der Waals surface area (Å²) in [6.45, 7) is 2.18. The van der Waals surface area contributed by atoms with E-state index in [-0.39, 0.29) is 5.56 Å². The SMILES string of the molecule is O=c1cc(CC2CCNCC2)nc[nH]1. The van der Waals surface area contributed by atoms with Gasteiger partial charge in [0.1, 0.15) is 0 Å². The first kappa shape index (κ1) is 9.40. The molecule has 1 aliphatic rings. The predicted molar refractivity (Wildman–Crippen MR) is 54.2 cm³/mol. The monoisotopic (exact) mass is 193 g/mol. The summed E-state index contributed by atoms with van der Waals surface area (Å²) in [7, 11) is 0. The summed E-state index contributed by atoms with van der Waals surface area (Å²) in [4.78, 5) is 17.7. The molecule has 2 rings (SSSR count). The van der Waals surface area contributed by atoms with Gasteiger partial charge in [0.25, 0.3) is 5.56 Å². The number of nitrogens with one attached hydrogen (secondary N) is 2. The number of hydrogen-bond donors (Lipinski definition) is 2. The summed E-state index contributed by atoms with van der Waals surface area (Å²) in [6, 6.07) is 1.60. The third-order valence-corrected chi connectivity index (χ3v) is 2.69. The molecule has 76 valence electrons. The second-order valence-corrected chi connectivity index (χ2v) is 3.80. The molecule has 2 heterocycles. The molecule has 0 saturated carbocycles. The molecule has 0 aliphatic carbocycles. The van der Waals surface area contributed by atoms with Crippen LogP contribution in [0.15, 0.2) is 17.2 Å². The average molecular weight is 193 g/mol. The molecule has 1 aliphatic heterocycles. The van der Waals surface area contributed by atoms with Gasteiger partial charge in [-0.25, -0.2) is 4.98 Å². The van der Waals surface area contributed by atoms with Crippen LogP contribution in [-0.4, -0.2) is 23.1 Å². The molecule has 0 bridgehead atoms. The van der Waals surface area contributed by atoms with Crippen LogP contribution in [0.25, 0.3) is 0 Å². The standard InChI is InChI=1S/C10H15N3O/c14-10-6-9(12-7-13-10)5-8-1-3-11-4-2-8/h6-8,11H,1-5H2,(H,12,13,14). The molecular weight excluding hydrogens is 178 g/mol. The van der Waals surface area contributed by atoms with Gasteiger partial charge in [0, 0.05) is 11.8 Å². The largest absolute Gasteiger partial charge is 0.317 e. The number of H-pyrrole nitrogens is 1. The zero-order valence-corrected chi connectivity index (χ0v) is 8.12. The Hall–Kier alpha value is -1.16. The van der Waals surface area contributed by atoms with Crippen molar-refractivity contribution in [2.45, 2.75) is 19.3 Å². The number of aromatic nitrogens is 2. The van der Waals surface area contributed by atoms with E-state index in [9.17, 15) is 4.79 Å². The molecule has 0 amide bonds. The lowest BCUT2D eigenvalue weighted by atomic mass is 9.93. The molecule has 0 radical (unpaired) electrons. The van der Waals surface area contributed by atoms with E-state index >= 15 is 0 Å². The highest BCUT2D eigenvalue weighted by molar-refractivity contribution is 5.00. The summed E-state index contributed by atoms with van der Waals surface area (Å²) >= 11 is 0. The lowest BCUT2D eigenvalue weighted by Gasteiger charge is -2.21. The first-order chi connectivity index (χ1) is 6.84. The molecule has 0 atom stereocenters. The maximum absolute atomic E-state index is 11.0. The average Bonchev–Trinajstić information content (AvgIpc) is 2.19. The third-order valence-electron chi connectivity index (χ3n) is 2.69. The fourth-order valence-corrected chi connectivity index (χ4v) is 1.90. The molecule has 1 aromatic rings. The molecule has 14 heavy (non-hydrogen) atoms. The molecule has 4 nitrogen and oxygen atoms in total. The molecule has 2 N–H and O–H groups in total. The number of rotatable bonds is 2. The van der Waals surface area contributed by atoms with Crippen molar-refractivity contribution in [1.82, 2.24) is 15.3 Å². The summed E-state index contributed by atoms with van der Waals surface area (Å²) in [5.74, 6) is 0.686. The van der Waals surface area contributed by atoms with E-state index in [4.69, 9.17) is 0 Å². The van der Waals surface area contributed by atoms with Crippen molar-refractivity contribution in [3.8, 4) is 0 Å². The van der Waals surface area contributed by atoms with Crippen LogP contribution in [0.1, 0.15) is 18.5 Å². The van der Waals surface area contributed by atoms with Crippen molar-refractivity contribution in [2.75, 3.05) is 13.1 Å². The van der Waals surface area contributed by atoms with E-state index < -0.39 is 0 Å². The predicted octanol–water partition coefficient (Wildman–Crippen LogP) is 0.312. The summed E-state index contributed by atoms with van der Waals surface area (Å²) < 4.78 is 0. The van der Waals surface area contributed by atoms with Crippen LogP contribution >= 0.6 is 0 Å². The Morgan fingerprint density at radius 1 is 1.43 bits per heavy atom. The van der Waals surface area contributed by atoms with Gasteiger partial charge in [-0.1, -0.05) is 0 Å². The maximum Gasteiger partial charge on any atom is 0.250 e. The Morgan fingerprint density at radius 3 is 2.93 bits per heavy atom. The van der Waals surface area contributed by atoms with Gasteiger partial charge in [-0.2, -0.15) is 0 Å². The van der Waals surface area contributed by atoms with Gasteiger partial charge in [-0.05, 0) is 38.3 Å². The highest BCUT2D eigenvalue weighted by Gasteiger charge is 2.13. The summed E-state index contributed by atoms with van der Waals surface area (Å²) in [5, 5.41) is 3.32. The van der Waals surface area contributed by atoms with Crippen LogP contribution in [0.3, 0.4) is 0 Å². The van der Waals surface area contributed by atoms with Gasteiger partial charge < -0.3 is 10.3 Å². The van der Waals surface area contributed by atoms with Crippen molar-refractivity contribution in [3.63, 3.8) is 0 Å². The van der Waals surface area contributed by atoms with Crippen LogP contribution in [-0.2, 0) is 6.42 Å². The van der Waals surface area contributed by atoms with Gasteiger partial charge in [0.2, 0.25) is 0 Å². The molecule has 4 heteroatoms. The van der Waals surface area contributed by atoms with E-state index in [0.717, 1.165) is 25.2 Å². The van der Waals surface area contributed by atoms with Crippen LogP contribution in [0.4, 0.5) is 0 Å². The van der Waals surface area contributed by atoms with Crippen LogP contribution in [0.5, 0.6) is 0 Å². The van der Waals surface area contributed by atoms with Crippen LogP contribution < -0.4 is 10.9 Å². The molecule has 0 spiro atoms. The van der Waals surface area contributed by atoms with E-state index in [1.807, 2.05) is 0 Å². The van der Waals surface area contributed by atoms with Crippen molar-refractivity contribution >= 4 is 0 Å². The van der Waals surface area contributed by atoms with Crippen molar-refractivity contribution in [2.24, 2.45) is 5.92 Å². The van der Waals surface area contributed by atoms with Gasteiger partial charge >= 0.3 is 0 Å². The van der Waals surface area contributed by atoms with Gasteiger partial charge in [0.15, 0.2) is 0 Å². The van der Waals surface area contributed by atoms with E-state index in [2.05, 4.69) is 15.3 Å². The van der Waals surface area contributed by atoms with Gasteiger partial charge in [-0.3, -0.25) is 4.79 Å². The Bertz CT molecular complexity index is 341. The first-order valence-electron chi connectivity index (χ1n) is 5.09. The first-order valence-corrected chi connectivity index (χ1v) is 5.09. The highest BCUT2D eigenvalue weighted by Crippen LogP contribution is 2.15. The Labute approximate surface area is 82.8 Å². The maximum atomic E-state index is 11.0. The van der Waals surface area contributed by atoms with Crippen LogP contribution in [0.2, 0.25) is 0 Å². The minimum Gasteiger partial charge on any atom is -0.317 e. The van der Waals surface area contributed by atoms with Gasteiger partial charge in [-0.15, -0.1) is 0 Å². The molecular formula is C10H15N3O. The van der Waals surface area contributed by atoms with Crippen molar-refractivity contribution < 1.29 is 0 Å². The quantitative estimate of drug-likeness (QED) is 0.710. The second kappa shape index (κ2) is 4.37. The molecule has 0 aromatic carbocycles. The topological polar surface area (TPSA) is 57.8 Å². The molecule has 1 saturated heterocycles. The van der Waals surface area contributed by atoms with E-state index in [1.54, 1.807) is 6.07 Å². The number of aromatic amines is 1. The van der Waals surface area contributed by atoms with E-state index in [1.165, 1.54) is 19.2 Å². The zero-order chi connectivity index (χ0) is 9.80. The lowest BCUT2D eigenvalue weighted by molar-refractivity contribution is 0.370. The number of piperidine rings is 1. The number of hydrogen-bond acceptors (Lipinski definition) is 3. The van der Waals surface area contributed by atoms with Gasteiger partial charge in [0.05, 0.1) is 6.33 Å². The second-order valence-electron chi connectivity index (χ2n) is 3.80. The number of nitrogens with zero attached hydrogens (tertiary/aromatic N) is 1. The molecule has 1 aromatic heterocycles. The fraction of sp³-hybridized carbons (Fsp3) is 0.600. The van der Waals surface area contributed by atoms with E-state index in [0.29, 0.717) is 5.92 Å². The normalized spacial score (nSPS) is 18.3. The smallest absolute Gasteiger partial charge is 0.250 e. The third kappa shape index (κ3) is 2.42. The van der Waals surface area contributed by atoms with Crippen LogP contribution in [0, 0.1) is 5.92 Å². The summed E-state index contributed by atoms with van der Waals surface area (Å²) in [5.41, 5.74) is 0.865. The fourth-order valence-electron chi connectivity index (χ4n) is 1.90. The Balaban J connectivity index is 1.99.